The molecule has 0 aromatic heterocycles. The van der Waals surface area contributed by atoms with Gasteiger partial charge in [-0.1, -0.05) is 32.0 Å². The van der Waals surface area contributed by atoms with Crippen LogP contribution in [-0.2, 0) is 6.54 Å². The lowest BCUT2D eigenvalue weighted by atomic mass is 9.79. The minimum atomic E-state index is -4.67. The van der Waals surface area contributed by atoms with E-state index in [1.807, 2.05) is 0 Å². The van der Waals surface area contributed by atoms with Gasteiger partial charge in [0.25, 0.3) is 0 Å². The van der Waals surface area contributed by atoms with Crippen molar-refractivity contribution in [1.29, 1.82) is 0 Å². The quantitative estimate of drug-likeness (QED) is 0.915. The van der Waals surface area contributed by atoms with Crippen molar-refractivity contribution in [3.8, 4) is 5.75 Å². The maximum atomic E-state index is 12.4. The van der Waals surface area contributed by atoms with Crippen LogP contribution in [0.1, 0.15) is 25.8 Å². The van der Waals surface area contributed by atoms with Gasteiger partial charge in [-0.2, -0.15) is 0 Å². The van der Waals surface area contributed by atoms with Gasteiger partial charge in [0, 0.05) is 31.2 Å². The van der Waals surface area contributed by atoms with Crippen LogP contribution in [0.15, 0.2) is 24.3 Å². The normalized spacial score (nSPS) is 22.0. The molecule has 0 aliphatic carbocycles. The molecule has 7 heteroatoms. The molecule has 1 fully saturated rings. The van der Waals surface area contributed by atoms with E-state index in [-0.39, 0.29) is 29.6 Å². The fourth-order valence-electron chi connectivity index (χ4n) is 2.72. The number of ether oxygens (including phenoxy) is 1. The molecule has 1 aromatic carbocycles. The Morgan fingerprint density at radius 2 is 1.95 bits per heavy atom. The predicted molar refractivity (Wildman–Crippen MR) is 82.0 cm³/mol. The van der Waals surface area contributed by atoms with Crippen LogP contribution in [0.25, 0.3) is 0 Å². The molecule has 1 heterocycles. The third-order valence-corrected chi connectivity index (χ3v) is 3.98. The second kappa shape index (κ2) is 7.06. The Labute approximate surface area is 135 Å². The number of likely N-dealkylation sites (tertiary alicyclic amines) is 1. The Hall–Kier alpha value is -0.980. The standard InChI is InChI=1S/C15H21F3N2O.ClH/c1-14(2)10-20(8-7-13(14)19)9-11-5-3-4-6-12(11)21-15(16,17)18;/h3-6,13H,7-10,19H2,1-2H3;1H. The molecule has 0 radical (unpaired) electrons. The van der Waals surface area contributed by atoms with Gasteiger partial charge in [0.2, 0.25) is 0 Å². The molecule has 1 aliphatic heterocycles. The number of hydrogen-bond donors (Lipinski definition) is 1. The molecule has 1 unspecified atom stereocenters. The van der Waals surface area contributed by atoms with Gasteiger partial charge in [-0.05, 0) is 17.9 Å². The Balaban J connectivity index is 0.00000242. The van der Waals surface area contributed by atoms with Crippen LogP contribution in [0, 0.1) is 5.41 Å². The number of nitrogens with two attached hydrogens (primary N) is 1. The molecule has 3 nitrogen and oxygen atoms in total. The molecule has 1 atom stereocenters. The number of nitrogens with zero attached hydrogens (tertiary/aromatic N) is 1. The van der Waals surface area contributed by atoms with Crippen molar-refractivity contribution < 1.29 is 17.9 Å². The maximum absolute atomic E-state index is 12.4. The van der Waals surface area contributed by atoms with Crippen LogP contribution in [0.5, 0.6) is 5.75 Å². The molecule has 22 heavy (non-hydrogen) atoms. The zero-order valence-electron chi connectivity index (χ0n) is 12.7. The molecule has 1 saturated heterocycles. The van der Waals surface area contributed by atoms with Gasteiger partial charge in [0.1, 0.15) is 5.75 Å². The van der Waals surface area contributed by atoms with E-state index in [1.54, 1.807) is 18.2 Å². The van der Waals surface area contributed by atoms with E-state index in [0.29, 0.717) is 12.1 Å². The van der Waals surface area contributed by atoms with Gasteiger partial charge in [0.15, 0.2) is 0 Å². The lowest BCUT2D eigenvalue weighted by Gasteiger charge is -2.42. The summed E-state index contributed by atoms with van der Waals surface area (Å²) in [5.41, 5.74) is 6.58. The Bertz CT molecular complexity index is 494. The van der Waals surface area contributed by atoms with E-state index in [4.69, 9.17) is 5.73 Å². The number of para-hydroxylation sites is 1. The number of rotatable bonds is 3. The molecule has 0 amide bonds. The first-order valence-electron chi connectivity index (χ1n) is 6.99. The topological polar surface area (TPSA) is 38.5 Å². The van der Waals surface area contributed by atoms with Crippen molar-refractivity contribution in [2.24, 2.45) is 11.1 Å². The van der Waals surface area contributed by atoms with Crippen molar-refractivity contribution in [3.05, 3.63) is 29.8 Å². The zero-order chi connectivity index (χ0) is 15.7. The molecular weight excluding hydrogens is 317 g/mol. The van der Waals surface area contributed by atoms with Crippen LogP contribution in [0.4, 0.5) is 13.2 Å². The largest absolute Gasteiger partial charge is 0.573 e. The van der Waals surface area contributed by atoms with Gasteiger partial charge in [0.05, 0.1) is 0 Å². The van der Waals surface area contributed by atoms with E-state index in [9.17, 15) is 13.2 Å². The summed E-state index contributed by atoms with van der Waals surface area (Å²) < 4.78 is 41.4. The molecule has 126 valence electrons. The molecule has 1 aromatic rings. The average molecular weight is 339 g/mol. The fourth-order valence-corrected chi connectivity index (χ4v) is 2.72. The summed E-state index contributed by atoms with van der Waals surface area (Å²) in [7, 11) is 0. The van der Waals surface area contributed by atoms with Crippen molar-refractivity contribution in [2.75, 3.05) is 13.1 Å². The van der Waals surface area contributed by atoms with E-state index in [0.717, 1.165) is 19.5 Å². The number of piperidine rings is 1. The van der Waals surface area contributed by atoms with E-state index < -0.39 is 6.36 Å². The van der Waals surface area contributed by atoms with Gasteiger partial charge in [-0.25, -0.2) is 0 Å². The number of halogens is 4. The zero-order valence-corrected chi connectivity index (χ0v) is 13.5. The highest BCUT2D eigenvalue weighted by atomic mass is 35.5. The molecule has 0 saturated carbocycles. The Kier molecular flexibility index (Phi) is 6.12. The van der Waals surface area contributed by atoms with Gasteiger partial charge in [-0.3, -0.25) is 4.90 Å². The van der Waals surface area contributed by atoms with Crippen LogP contribution < -0.4 is 10.5 Å². The first-order chi connectivity index (χ1) is 9.67. The third kappa shape index (κ3) is 5.04. The average Bonchev–Trinajstić information content (AvgIpc) is 2.34. The first-order valence-corrected chi connectivity index (χ1v) is 6.99. The minimum absolute atomic E-state index is 0. The number of benzene rings is 1. The Morgan fingerprint density at radius 3 is 2.55 bits per heavy atom. The highest BCUT2D eigenvalue weighted by molar-refractivity contribution is 5.85. The van der Waals surface area contributed by atoms with E-state index in [2.05, 4.69) is 23.5 Å². The fraction of sp³-hybridized carbons (Fsp3) is 0.600. The van der Waals surface area contributed by atoms with Crippen molar-refractivity contribution in [3.63, 3.8) is 0 Å². The molecular formula is C15H22ClF3N2O. The predicted octanol–water partition coefficient (Wildman–Crippen LogP) is 3.57. The molecule has 2 rings (SSSR count). The Morgan fingerprint density at radius 1 is 1.32 bits per heavy atom. The van der Waals surface area contributed by atoms with Gasteiger partial charge >= 0.3 is 6.36 Å². The number of alkyl halides is 3. The number of hydrogen-bond acceptors (Lipinski definition) is 3. The van der Waals surface area contributed by atoms with Crippen molar-refractivity contribution in [1.82, 2.24) is 4.90 Å². The van der Waals surface area contributed by atoms with Crippen molar-refractivity contribution in [2.45, 2.75) is 39.2 Å². The second-order valence-corrected chi connectivity index (χ2v) is 6.25. The van der Waals surface area contributed by atoms with E-state index in [1.165, 1.54) is 6.07 Å². The summed E-state index contributed by atoms with van der Waals surface area (Å²) in [5.74, 6) is -0.127. The summed E-state index contributed by atoms with van der Waals surface area (Å²) >= 11 is 0. The smallest absolute Gasteiger partial charge is 0.405 e. The summed E-state index contributed by atoms with van der Waals surface area (Å²) in [5, 5.41) is 0. The lowest BCUT2D eigenvalue weighted by molar-refractivity contribution is -0.275. The monoisotopic (exact) mass is 338 g/mol. The van der Waals surface area contributed by atoms with Crippen LogP contribution in [0.2, 0.25) is 0 Å². The van der Waals surface area contributed by atoms with E-state index >= 15 is 0 Å². The van der Waals surface area contributed by atoms with Crippen LogP contribution >= 0.6 is 12.4 Å². The molecule has 0 spiro atoms. The highest BCUT2D eigenvalue weighted by Gasteiger charge is 2.35. The molecule has 2 N–H and O–H groups in total. The summed E-state index contributed by atoms with van der Waals surface area (Å²) in [4.78, 5) is 2.13. The lowest BCUT2D eigenvalue weighted by Crippen LogP contribution is -2.52. The molecule has 0 bridgehead atoms. The van der Waals surface area contributed by atoms with Crippen LogP contribution in [0.3, 0.4) is 0 Å². The first kappa shape index (κ1) is 19.1. The summed E-state index contributed by atoms with van der Waals surface area (Å²) in [6.07, 6.45) is -3.82. The van der Waals surface area contributed by atoms with Crippen molar-refractivity contribution >= 4 is 12.4 Å². The van der Waals surface area contributed by atoms with Gasteiger partial charge in [-0.15, -0.1) is 25.6 Å². The SMILES string of the molecule is CC1(C)CN(Cc2ccccc2OC(F)(F)F)CCC1N.Cl. The van der Waals surface area contributed by atoms with Crippen LogP contribution in [-0.4, -0.2) is 30.4 Å². The second-order valence-electron chi connectivity index (χ2n) is 6.25. The minimum Gasteiger partial charge on any atom is -0.405 e. The summed E-state index contributed by atoms with van der Waals surface area (Å²) in [6, 6.07) is 6.40. The van der Waals surface area contributed by atoms with Gasteiger partial charge < -0.3 is 10.5 Å². The molecule has 1 aliphatic rings. The third-order valence-electron chi connectivity index (χ3n) is 3.98. The highest BCUT2D eigenvalue weighted by Crippen LogP contribution is 2.31. The summed E-state index contributed by atoms with van der Waals surface area (Å²) in [6.45, 7) is 6.14. The maximum Gasteiger partial charge on any atom is 0.573 e.